The molecule has 0 aliphatic heterocycles. The molecule has 0 bridgehead atoms. The number of benzene rings is 1. The number of hydrogen-bond acceptors (Lipinski definition) is 3. The van der Waals surface area contributed by atoms with Crippen LogP contribution in [0.2, 0.25) is 0 Å². The van der Waals surface area contributed by atoms with E-state index in [0.717, 1.165) is 6.07 Å². The highest BCUT2D eigenvalue weighted by Crippen LogP contribution is 2.14. The van der Waals surface area contributed by atoms with E-state index in [1.54, 1.807) is 0 Å². The molecule has 0 spiro atoms. The predicted molar refractivity (Wildman–Crippen MR) is 59.4 cm³/mol. The molecule has 1 N–H and O–H groups in total. The lowest BCUT2D eigenvalue weighted by Crippen LogP contribution is -2.20. The van der Waals surface area contributed by atoms with Crippen LogP contribution in [0.4, 0.5) is 4.39 Å². The van der Waals surface area contributed by atoms with Gasteiger partial charge in [0.2, 0.25) is 0 Å². The molecule has 0 fully saturated rings. The standard InChI is InChI=1S/C11H15FO3S/c1-2-4-10(13)8-16(14,15)11-6-3-5-9(12)7-11/h3,5-7,10,13H,2,4,8H2,1H3. The van der Waals surface area contributed by atoms with E-state index in [4.69, 9.17) is 0 Å². The number of hydrogen-bond donors (Lipinski definition) is 1. The first-order chi connectivity index (χ1) is 7.45. The van der Waals surface area contributed by atoms with Crippen LogP contribution in [0.5, 0.6) is 0 Å². The first-order valence-corrected chi connectivity index (χ1v) is 6.77. The zero-order chi connectivity index (χ0) is 12.2. The van der Waals surface area contributed by atoms with Crippen molar-refractivity contribution in [2.24, 2.45) is 0 Å². The Morgan fingerprint density at radius 1 is 1.44 bits per heavy atom. The molecular formula is C11H15FO3S. The van der Waals surface area contributed by atoms with Crippen molar-refractivity contribution in [1.82, 2.24) is 0 Å². The average Bonchev–Trinajstić information content (AvgIpc) is 2.17. The monoisotopic (exact) mass is 246 g/mol. The highest BCUT2D eigenvalue weighted by Gasteiger charge is 2.19. The fraction of sp³-hybridized carbons (Fsp3) is 0.455. The van der Waals surface area contributed by atoms with E-state index in [1.165, 1.54) is 18.2 Å². The molecule has 0 aliphatic rings. The average molecular weight is 246 g/mol. The highest BCUT2D eigenvalue weighted by molar-refractivity contribution is 7.91. The lowest BCUT2D eigenvalue weighted by atomic mass is 10.2. The summed E-state index contributed by atoms with van der Waals surface area (Å²) in [7, 11) is -3.59. The van der Waals surface area contributed by atoms with Crippen molar-refractivity contribution in [1.29, 1.82) is 0 Å². The van der Waals surface area contributed by atoms with Gasteiger partial charge in [-0.3, -0.25) is 0 Å². The highest BCUT2D eigenvalue weighted by atomic mass is 32.2. The maximum atomic E-state index is 12.9. The third-order valence-electron chi connectivity index (χ3n) is 2.19. The largest absolute Gasteiger partial charge is 0.392 e. The number of sulfone groups is 1. The maximum absolute atomic E-state index is 12.9. The minimum atomic E-state index is -3.59. The quantitative estimate of drug-likeness (QED) is 0.861. The fourth-order valence-electron chi connectivity index (χ4n) is 1.43. The van der Waals surface area contributed by atoms with Gasteiger partial charge in [-0.1, -0.05) is 19.4 Å². The van der Waals surface area contributed by atoms with Crippen LogP contribution >= 0.6 is 0 Å². The Hall–Kier alpha value is -0.940. The van der Waals surface area contributed by atoms with Gasteiger partial charge in [-0.15, -0.1) is 0 Å². The molecule has 0 aliphatic carbocycles. The topological polar surface area (TPSA) is 54.4 Å². The van der Waals surface area contributed by atoms with Gasteiger partial charge in [0.25, 0.3) is 0 Å². The summed E-state index contributed by atoms with van der Waals surface area (Å²) in [5.41, 5.74) is 0. The van der Waals surface area contributed by atoms with E-state index in [-0.39, 0.29) is 10.6 Å². The third-order valence-corrected chi connectivity index (χ3v) is 3.98. The first-order valence-electron chi connectivity index (χ1n) is 5.12. The van der Waals surface area contributed by atoms with E-state index in [2.05, 4.69) is 0 Å². The van der Waals surface area contributed by atoms with E-state index in [1.807, 2.05) is 6.92 Å². The molecule has 1 aromatic rings. The van der Waals surface area contributed by atoms with Gasteiger partial charge < -0.3 is 5.11 Å². The van der Waals surface area contributed by atoms with Crippen molar-refractivity contribution in [3.05, 3.63) is 30.1 Å². The van der Waals surface area contributed by atoms with Gasteiger partial charge in [0, 0.05) is 0 Å². The van der Waals surface area contributed by atoms with Crippen molar-refractivity contribution >= 4 is 9.84 Å². The van der Waals surface area contributed by atoms with Gasteiger partial charge >= 0.3 is 0 Å². The lowest BCUT2D eigenvalue weighted by Gasteiger charge is -2.09. The molecule has 0 saturated carbocycles. The predicted octanol–water partition coefficient (Wildman–Crippen LogP) is 1.76. The van der Waals surface area contributed by atoms with Gasteiger partial charge in [0.05, 0.1) is 16.8 Å². The third kappa shape index (κ3) is 3.57. The number of aliphatic hydroxyl groups excluding tert-OH is 1. The van der Waals surface area contributed by atoms with Gasteiger partial charge in [-0.2, -0.15) is 0 Å². The Bertz CT molecular complexity index is 442. The minimum absolute atomic E-state index is 0.0809. The van der Waals surface area contributed by atoms with Crippen molar-refractivity contribution in [3.63, 3.8) is 0 Å². The van der Waals surface area contributed by atoms with Crippen LogP contribution in [0.25, 0.3) is 0 Å². The summed E-state index contributed by atoms with van der Waals surface area (Å²) >= 11 is 0. The van der Waals surface area contributed by atoms with Crippen LogP contribution in [0.15, 0.2) is 29.2 Å². The van der Waals surface area contributed by atoms with Crippen molar-refractivity contribution in [2.45, 2.75) is 30.8 Å². The zero-order valence-electron chi connectivity index (χ0n) is 9.06. The molecule has 1 atom stereocenters. The van der Waals surface area contributed by atoms with Gasteiger partial charge in [0.1, 0.15) is 5.82 Å². The van der Waals surface area contributed by atoms with E-state index < -0.39 is 21.8 Å². The SMILES string of the molecule is CCCC(O)CS(=O)(=O)c1cccc(F)c1. The fourth-order valence-corrected chi connectivity index (χ4v) is 2.87. The summed E-state index contributed by atoms with van der Waals surface area (Å²) in [6.07, 6.45) is 0.243. The van der Waals surface area contributed by atoms with E-state index in [9.17, 15) is 17.9 Å². The Morgan fingerprint density at radius 2 is 2.12 bits per heavy atom. The van der Waals surface area contributed by atoms with Crippen molar-refractivity contribution in [2.75, 3.05) is 5.75 Å². The van der Waals surface area contributed by atoms with E-state index in [0.29, 0.717) is 12.8 Å². The van der Waals surface area contributed by atoms with Crippen LogP contribution in [0.1, 0.15) is 19.8 Å². The Balaban J connectivity index is 2.86. The normalized spacial score (nSPS) is 13.7. The van der Waals surface area contributed by atoms with Crippen LogP contribution in [0, 0.1) is 5.82 Å². The lowest BCUT2D eigenvalue weighted by molar-refractivity contribution is 0.186. The number of rotatable bonds is 5. The zero-order valence-corrected chi connectivity index (χ0v) is 9.87. The molecule has 0 saturated heterocycles. The molecule has 0 amide bonds. The molecular weight excluding hydrogens is 231 g/mol. The first kappa shape index (κ1) is 13.1. The molecule has 0 heterocycles. The summed E-state index contributed by atoms with van der Waals surface area (Å²) in [5.74, 6) is -0.948. The molecule has 0 radical (unpaired) electrons. The second-order valence-corrected chi connectivity index (χ2v) is 5.72. The Morgan fingerprint density at radius 3 is 2.69 bits per heavy atom. The second-order valence-electron chi connectivity index (χ2n) is 3.68. The van der Waals surface area contributed by atoms with Gasteiger partial charge in [-0.25, -0.2) is 12.8 Å². The van der Waals surface area contributed by atoms with Crippen LogP contribution < -0.4 is 0 Å². The Kier molecular flexibility index (Phi) is 4.44. The smallest absolute Gasteiger partial charge is 0.181 e. The van der Waals surface area contributed by atoms with Crippen LogP contribution in [-0.4, -0.2) is 25.4 Å². The maximum Gasteiger partial charge on any atom is 0.181 e. The van der Waals surface area contributed by atoms with Gasteiger partial charge in [-0.05, 0) is 24.6 Å². The van der Waals surface area contributed by atoms with Crippen molar-refractivity contribution in [3.8, 4) is 0 Å². The van der Waals surface area contributed by atoms with Crippen LogP contribution in [0.3, 0.4) is 0 Å². The molecule has 0 aromatic heterocycles. The summed E-state index contributed by atoms with van der Waals surface area (Å²) in [4.78, 5) is -0.0809. The molecule has 1 rings (SSSR count). The summed E-state index contributed by atoms with van der Waals surface area (Å²) in [5, 5.41) is 9.44. The minimum Gasteiger partial charge on any atom is -0.392 e. The summed E-state index contributed by atoms with van der Waals surface area (Å²) in [6, 6.07) is 4.82. The van der Waals surface area contributed by atoms with Crippen LogP contribution in [-0.2, 0) is 9.84 Å². The molecule has 3 nitrogen and oxygen atoms in total. The van der Waals surface area contributed by atoms with Crippen molar-refractivity contribution < 1.29 is 17.9 Å². The molecule has 5 heteroatoms. The number of aliphatic hydroxyl groups is 1. The van der Waals surface area contributed by atoms with E-state index >= 15 is 0 Å². The van der Waals surface area contributed by atoms with Gasteiger partial charge in [0.15, 0.2) is 9.84 Å². The molecule has 1 aromatic carbocycles. The Labute approximate surface area is 94.8 Å². The molecule has 1 unspecified atom stereocenters. The number of halogens is 1. The second kappa shape index (κ2) is 5.41. The summed E-state index contributed by atoms with van der Waals surface area (Å²) in [6.45, 7) is 1.86. The molecule has 16 heavy (non-hydrogen) atoms. The summed E-state index contributed by atoms with van der Waals surface area (Å²) < 4.78 is 36.3. The molecule has 90 valence electrons.